The zero-order chi connectivity index (χ0) is 17.2. The van der Waals surface area contributed by atoms with Gasteiger partial charge >= 0.3 is 0 Å². The van der Waals surface area contributed by atoms with Crippen LogP contribution >= 0.6 is 24.0 Å². The molecule has 0 amide bonds. The Morgan fingerprint density at radius 3 is 2.44 bits per heavy atom. The maximum Gasteiger partial charge on any atom is 0.191 e. The quantitative estimate of drug-likeness (QED) is 0.373. The van der Waals surface area contributed by atoms with Gasteiger partial charge in [0.05, 0.1) is 13.7 Å². The first kappa shape index (κ1) is 22.0. The molecule has 0 aliphatic carbocycles. The fourth-order valence-corrected chi connectivity index (χ4v) is 3.03. The predicted octanol–water partition coefficient (Wildman–Crippen LogP) is 3.24. The van der Waals surface area contributed by atoms with Crippen LogP contribution in [0.1, 0.15) is 38.7 Å². The Hall–Kier alpha value is -1.02. The second-order valence-corrected chi connectivity index (χ2v) is 6.30. The van der Waals surface area contributed by atoms with Crippen LogP contribution in [0.3, 0.4) is 0 Å². The Balaban J connectivity index is 0.00000312. The number of rotatable bonds is 7. The first-order chi connectivity index (χ1) is 11.7. The average molecular weight is 460 g/mol. The molecule has 1 fully saturated rings. The number of hydrogen-bond acceptors (Lipinski definition) is 3. The van der Waals surface area contributed by atoms with E-state index >= 15 is 0 Å². The largest absolute Gasteiger partial charge is 0.497 e. The molecule has 0 radical (unpaired) electrons. The summed E-state index contributed by atoms with van der Waals surface area (Å²) in [6.07, 6.45) is 3.62. The minimum absolute atomic E-state index is 0. The SMILES string of the molecule is CCCN1CCC(NC(=NCc2ccc(OC)cc2)NCC)CC1.I. The fourth-order valence-electron chi connectivity index (χ4n) is 3.03. The summed E-state index contributed by atoms with van der Waals surface area (Å²) in [4.78, 5) is 7.28. The van der Waals surface area contributed by atoms with Gasteiger partial charge in [-0.3, -0.25) is 0 Å². The van der Waals surface area contributed by atoms with E-state index in [9.17, 15) is 0 Å². The van der Waals surface area contributed by atoms with Crippen LogP contribution in [-0.2, 0) is 6.54 Å². The summed E-state index contributed by atoms with van der Waals surface area (Å²) < 4.78 is 5.20. The predicted molar refractivity (Wildman–Crippen MR) is 116 cm³/mol. The van der Waals surface area contributed by atoms with Gasteiger partial charge < -0.3 is 20.3 Å². The van der Waals surface area contributed by atoms with Gasteiger partial charge in [-0.15, -0.1) is 24.0 Å². The Bertz CT molecular complexity index is 499. The van der Waals surface area contributed by atoms with Crippen molar-refractivity contribution in [3.8, 4) is 5.75 Å². The van der Waals surface area contributed by atoms with Crippen LogP contribution in [0.25, 0.3) is 0 Å². The minimum atomic E-state index is 0. The molecule has 1 aromatic rings. The number of hydrogen-bond donors (Lipinski definition) is 2. The number of nitrogens with zero attached hydrogens (tertiary/aromatic N) is 2. The summed E-state index contributed by atoms with van der Waals surface area (Å²) in [6.45, 7) is 9.50. The molecule has 6 heteroatoms. The van der Waals surface area contributed by atoms with Gasteiger partial charge in [0, 0.05) is 25.7 Å². The number of likely N-dealkylation sites (tertiary alicyclic amines) is 1. The van der Waals surface area contributed by atoms with Gasteiger partial charge in [-0.1, -0.05) is 19.1 Å². The molecule has 2 rings (SSSR count). The van der Waals surface area contributed by atoms with Crippen LogP contribution in [0.5, 0.6) is 5.75 Å². The highest BCUT2D eigenvalue weighted by atomic mass is 127. The molecule has 1 aliphatic heterocycles. The molecule has 2 N–H and O–H groups in total. The third-order valence-electron chi connectivity index (χ3n) is 4.39. The highest BCUT2D eigenvalue weighted by Crippen LogP contribution is 2.13. The molecule has 0 aromatic heterocycles. The molecule has 1 aliphatic rings. The Morgan fingerprint density at radius 2 is 1.88 bits per heavy atom. The van der Waals surface area contributed by atoms with Crippen molar-refractivity contribution >= 4 is 29.9 Å². The summed E-state index contributed by atoms with van der Waals surface area (Å²) in [6, 6.07) is 8.61. The van der Waals surface area contributed by atoms with E-state index in [1.54, 1.807) is 7.11 Å². The molecule has 142 valence electrons. The first-order valence-electron chi connectivity index (χ1n) is 9.15. The third-order valence-corrected chi connectivity index (χ3v) is 4.39. The standard InChI is InChI=1S/C19H32N4O.HI/c1-4-12-23-13-10-17(11-14-23)22-19(20-5-2)21-15-16-6-8-18(24-3)9-7-16;/h6-9,17H,4-5,10-15H2,1-3H3,(H2,20,21,22);1H. The topological polar surface area (TPSA) is 48.9 Å². The molecule has 0 unspecified atom stereocenters. The number of guanidine groups is 1. The number of ether oxygens (including phenoxy) is 1. The zero-order valence-electron chi connectivity index (χ0n) is 15.8. The highest BCUT2D eigenvalue weighted by Gasteiger charge is 2.19. The Kier molecular flexibility index (Phi) is 10.9. The number of piperidine rings is 1. The smallest absolute Gasteiger partial charge is 0.191 e. The molecule has 1 saturated heterocycles. The summed E-state index contributed by atoms with van der Waals surface area (Å²) in [5.74, 6) is 1.80. The molecule has 1 heterocycles. The molecule has 0 bridgehead atoms. The second kappa shape index (κ2) is 12.4. The van der Waals surface area contributed by atoms with Crippen molar-refractivity contribution in [2.24, 2.45) is 4.99 Å². The molecular weight excluding hydrogens is 427 g/mol. The van der Waals surface area contributed by atoms with E-state index in [1.165, 1.54) is 44.5 Å². The van der Waals surface area contributed by atoms with E-state index in [4.69, 9.17) is 9.73 Å². The molecule has 0 saturated carbocycles. The van der Waals surface area contributed by atoms with Gasteiger partial charge in [0.15, 0.2) is 5.96 Å². The van der Waals surface area contributed by atoms with Crippen LogP contribution in [0.2, 0.25) is 0 Å². The summed E-state index contributed by atoms with van der Waals surface area (Å²) in [5.41, 5.74) is 1.19. The Labute approximate surface area is 169 Å². The zero-order valence-corrected chi connectivity index (χ0v) is 18.1. The molecule has 1 aromatic carbocycles. The van der Waals surface area contributed by atoms with Crippen molar-refractivity contribution < 1.29 is 4.74 Å². The van der Waals surface area contributed by atoms with Crippen LogP contribution in [-0.4, -0.2) is 50.2 Å². The van der Waals surface area contributed by atoms with E-state index < -0.39 is 0 Å². The number of halogens is 1. The number of methoxy groups -OCH3 is 1. The second-order valence-electron chi connectivity index (χ2n) is 6.30. The fraction of sp³-hybridized carbons (Fsp3) is 0.632. The lowest BCUT2D eigenvalue weighted by atomic mass is 10.1. The lowest BCUT2D eigenvalue weighted by Crippen LogP contribution is -2.48. The van der Waals surface area contributed by atoms with E-state index in [1.807, 2.05) is 12.1 Å². The van der Waals surface area contributed by atoms with Crippen LogP contribution in [0.4, 0.5) is 0 Å². The summed E-state index contributed by atoms with van der Waals surface area (Å²) in [5, 5.41) is 6.96. The summed E-state index contributed by atoms with van der Waals surface area (Å²) in [7, 11) is 1.69. The van der Waals surface area contributed by atoms with Crippen molar-refractivity contribution in [2.75, 3.05) is 33.3 Å². The van der Waals surface area contributed by atoms with Crippen molar-refractivity contribution in [3.63, 3.8) is 0 Å². The minimum Gasteiger partial charge on any atom is -0.497 e. The monoisotopic (exact) mass is 460 g/mol. The Morgan fingerprint density at radius 1 is 1.20 bits per heavy atom. The molecular formula is C19H33IN4O. The van der Waals surface area contributed by atoms with Gasteiger partial charge in [0.1, 0.15) is 5.75 Å². The molecule has 0 atom stereocenters. The van der Waals surface area contributed by atoms with Gasteiger partial charge in [0.25, 0.3) is 0 Å². The normalized spacial score (nSPS) is 16.2. The van der Waals surface area contributed by atoms with Gasteiger partial charge in [-0.25, -0.2) is 4.99 Å². The van der Waals surface area contributed by atoms with Crippen molar-refractivity contribution in [1.29, 1.82) is 0 Å². The maximum atomic E-state index is 5.20. The van der Waals surface area contributed by atoms with E-state index in [0.29, 0.717) is 12.6 Å². The summed E-state index contributed by atoms with van der Waals surface area (Å²) >= 11 is 0. The van der Waals surface area contributed by atoms with E-state index in [2.05, 4.69) is 41.5 Å². The van der Waals surface area contributed by atoms with E-state index in [-0.39, 0.29) is 24.0 Å². The van der Waals surface area contributed by atoms with Crippen molar-refractivity contribution in [2.45, 2.75) is 45.7 Å². The third kappa shape index (κ3) is 7.81. The van der Waals surface area contributed by atoms with Crippen molar-refractivity contribution in [3.05, 3.63) is 29.8 Å². The number of benzene rings is 1. The highest BCUT2D eigenvalue weighted by molar-refractivity contribution is 14.0. The van der Waals surface area contributed by atoms with Gasteiger partial charge in [0.2, 0.25) is 0 Å². The van der Waals surface area contributed by atoms with Crippen LogP contribution < -0.4 is 15.4 Å². The molecule has 25 heavy (non-hydrogen) atoms. The van der Waals surface area contributed by atoms with Gasteiger partial charge in [-0.05, 0) is 50.4 Å². The average Bonchev–Trinajstić information content (AvgIpc) is 2.62. The lowest BCUT2D eigenvalue weighted by molar-refractivity contribution is 0.206. The van der Waals surface area contributed by atoms with Gasteiger partial charge in [-0.2, -0.15) is 0 Å². The first-order valence-corrected chi connectivity index (χ1v) is 9.15. The number of aliphatic imine (C=N–C) groups is 1. The van der Waals surface area contributed by atoms with Crippen LogP contribution in [0, 0.1) is 0 Å². The molecule has 0 spiro atoms. The molecule has 5 nitrogen and oxygen atoms in total. The van der Waals surface area contributed by atoms with E-state index in [0.717, 1.165) is 18.3 Å². The van der Waals surface area contributed by atoms with Crippen molar-refractivity contribution in [1.82, 2.24) is 15.5 Å². The maximum absolute atomic E-state index is 5.20. The number of nitrogens with one attached hydrogen (secondary N) is 2. The van der Waals surface area contributed by atoms with Crippen LogP contribution in [0.15, 0.2) is 29.3 Å². The lowest BCUT2D eigenvalue weighted by Gasteiger charge is -2.32.